The Bertz CT molecular complexity index is 710. The molecule has 31 heavy (non-hydrogen) atoms. The minimum Gasteiger partial charge on any atom is -0.192 e. The summed E-state index contributed by atoms with van der Waals surface area (Å²) in [6.45, 7) is 2.23. The van der Waals surface area contributed by atoms with Gasteiger partial charge in [0.15, 0.2) is 0 Å². The maximum atomic E-state index is 9.49. The van der Waals surface area contributed by atoms with E-state index < -0.39 is 0 Å². The summed E-state index contributed by atoms with van der Waals surface area (Å²) in [5.74, 6) is 0.474. The standard InChI is InChI=1S/C27H38N4/c1-2-3-4-5-6-7-8-9-11-16-25(27(21-30)22-31)18-26(17-23(19-28)20-29)24-14-12-10-13-15-24/h17,24,26H,2-16,18H2,1H3. The number of nitriles is 4. The van der Waals surface area contributed by atoms with Crippen LogP contribution in [-0.2, 0) is 0 Å². The van der Waals surface area contributed by atoms with Gasteiger partial charge in [-0.2, -0.15) is 21.0 Å². The number of unbranched alkanes of at least 4 members (excludes halogenated alkanes) is 8. The van der Waals surface area contributed by atoms with Crippen molar-refractivity contribution in [2.75, 3.05) is 0 Å². The normalized spacial score (nSPS) is 14.4. The van der Waals surface area contributed by atoms with Crippen LogP contribution in [0.25, 0.3) is 0 Å². The summed E-state index contributed by atoms with van der Waals surface area (Å²) >= 11 is 0. The zero-order valence-corrected chi connectivity index (χ0v) is 19.3. The topological polar surface area (TPSA) is 95.2 Å². The Labute approximate surface area is 189 Å². The molecule has 4 heteroatoms. The lowest BCUT2D eigenvalue weighted by molar-refractivity contribution is 0.282. The predicted octanol–water partition coefficient (Wildman–Crippen LogP) is 7.81. The van der Waals surface area contributed by atoms with Gasteiger partial charge in [0.1, 0.15) is 35.4 Å². The first-order valence-corrected chi connectivity index (χ1v) is 12.2. The quantitative estimate of drug-likeness (QED) is 0.212. The first-order chi connectivity index (χ1) is 15.2. The van der Waals surface area contributed by atoms with E-state index in [1.165, 1.54) is 64.2 Å². The van der Waals surface area contributed by atoms with Gasteiger partial charge in [-0.05, 0) is 49.5 Å². The molecule has 1 fully saturated rings. The third-order valence-corrected chi connectivity index (χ3v) is 6.52. The number of hydrogen-bond acceptors (Lipinski definition) is 4. The summed E-state index contributed by atoms with van der Waals surface area (Å²) < 4.78 is 0. The van der Waals surface area contributed by atoms with Gasteiger partial charge in [-0.1, -0.05) is 83.6 Å². The van der Waals surface area contributed by atoms with Gasteiger partial charge in [0.05, 0.1) is 0 Å². The Morgan fingerprint density at radius 1 is 0.774 bits per heavy atom. The minimum atomic E-state index is 0.0554. The fraction of sp³-hybridized carbons (Fsp3) is 0.704. The average molecular weight is 419 g/mol. The molecule has 0 aromatic carbocycles. The van der Waals surface area contributed by atoms with Gasteiger partial charge in [-0.3, -0.25) is 0 Å². The number of rotatable bonds is 14. The summed E-state index contributed by atoms with van der Waals surface area (Å²) in [5, 5.41) is 37.5. The van der Waals surface area contributed by atoms with Crippen LogP contribution in [0.5, 0.6) is 0 Å². The molecule has 1 saturated carbocycles. The highest BCUT2D eigenvalue weighted by atomic mass is 14.3. The highest BCUT2D eigenvalue weighted by Crippen LogP contribution is 2.36. The molecule has 1 atom stereocenters. The molecule has 1 unspecified atom stereocenters. The van der Waals surface area contributed by atoms with E-state index in [2.05, 4.69) is 19.1 Å². The zero-order valence-electron chi connectivity index (χ0n) is 19.3. The Morgan fingerprint density at radius 2 is 1.32 bits per heavy atom. The number of nitrogens with zero attached hydrogens (tertiary/aromatic N) is 4. The molecule has 0 aliphatic heterocycles. The van der Waals surface area contributed by atoms with Gasteiger partial charge in [0.2, 0.25) is 0 Å². The van der Waals surface area contributed by atoms with Crippen molar-refractivity contribution in [1.29, 1.82) is 21.0 Å². The molecule has 0 aromatic heterocycles. The first-order valence-electron chi connectivity index (χ1n) is 12.2. The van der Waals surface area contributed by atoms with Gasteiger partial charge in [0.25, 0.3) is 0 Å². The van der Waals surface area contributed by atoms with Gasteiger partial charge < -0.3 is 0 Å². The molecule has 1 aliphatic rings. The van der Waals surface area contributed by atoms with Gasteiger partial charge in [0, 0.05) is 0 Å². The zero-order chi connectivity index (χ0) is 22.7. The summed E-state index contributed by atoms with van der Waals surface area (Å²) in [6, 6.07) is 8.16. The molecule has 0 radical (unpaired) electrons. The van der Waals surface area contributed by atoms with E-state index in [1.54, 1.807) is 6.08 Å². The van der Waals surface area contributed by atoms with E-state index >= 15 is 0 Å². The molecule has 0 bridgehead atoms. The van der Waals surface area contributed by atoms with Crippen molar-refractivity contribution in [1.82, 2.24) is 0 Å². The van der Waals surface area contributed by atoms with E-state index in [0.717, 1.165) is 37.7 Å². The second kappa shape index (κ2) is 17.2. The molecule has 1 aliphatic carbocycles. The largest absolute Gasteiger partial charge is 0.192 e. The lowest BCUT2D eigenvalue weighted by atomic mass is 9.75. The summed E-state index contributed by atoms with van der Waals surface area (Å²) in [5.41, 5.74) is 1.28. The molecule has 0 heterocycles. The van der Waals surface area contributed by atoms with Crippen LogP contribution < -0.4 is 0 Å². The van der Waals surface area contributed by atoms with Crippen molar-refractivity contribution in [2.45, 2.75) is 110 Å². The van der Waals surface area contributed by atoms with E-state index in [9.17, 15) is 21.0 Å². The molecule has 1 rings (SSSR count). The van der Waals surface area contributed by atoms with Gasteiger partial charge >= 0.3 is 0 Å². The van der Waals surface area contributed by atoms with Crippen LogP contribution >= 0.6 is 0 Å². The molecule has 0 aromatic rings. The third-order valence-electron chi connectivity index (χ3n) is 6.52. The molecule has 0 N–H and O–H groups in total. The van der Waals surface area contributed by atoms with Crippen LogP contribution in [0, 0.1) is 57.2 Å². The van der Waals surface area contributed by atoms with Crippen molar-refractivity contribution in [3.8, 4) is 24.3 Å². The summed E-state index contributed by atoms with van der Waals surface area (Å²) in [6.07, 6.45) is 20.1. The maximum absolute atomic E-state index is 9.49. The van der Waals surface area contributed by atoms with Crippen molar-refractivity contribution in [3.63, 3.8) is 0 Å². The fourth-order valence-electron chi connectivity index (χ4n) is 4.68. The Kier molecular flexibility index (Phi) is 14.7. The van der Waals surface area contributed by atoms with Crippen LogP contribution in [0.15, 0.2) is 22.8 Å². The van der Waals surface area contributed by atoms with E-state index in [1.807, 2.05) is 12.1 Å². The highest BCUT2D eigenvalue weighted by molar-refractivity contribution is 5.41. The predicted molar refractivity (Wildman–Crippen MR) is 124 cm³/mol. The lowest BCUT2D eigenvalue weighted by Gasteiger charge is -2.29. The SMILES string of the molecule is CCCCCCCCCCCC(CC(C=C(C#N)C#N)C1CCCCC1)=C(C#N)C#N. The van der Waals surface area contributed by atoms with Crippen molar-refractivity contribution in [3.05, 3.63) is 22.8 Å². The van der Waals surface area contributed by atoms with E-state index in [4.69, 9.17) is 0 Å². The van der Waals surface area contributed by atoms with Crippen LogP contribution in [0.4, 0.5) is 0 Å². The third kappa shape index (κ3) is 10.9. The molecule has 0 saturated heterocycles. The van der Waals surface area contributed by atoms with Gasteiger partial charge in [-0.25, -0.2) is 0 Å². The Hall–Kier alpha value is -2.56. The van der Waals surface area contributed by atoms with E-state index in [0.29, 0.717) is 12.3 Å². The smallest absolute Gasteiger partial charge is 0.128 e. The number of allylic oxidation sites excluding steroid dienone is 4. The van der Waals surface area contributed by atoms with Gasteiger partial charge in [-0.15, -0.1) is 0 Å². The first kappa shape index (κ1) is 26.5. The number of hydrogen-bond donors (Lipinski definition) is 0. The van der Waals surface area contributed by atoms with E-state index in [-0.39, 0.29) is 17.1 Å². The molecular weight excluding hydrogens is 380 g/mol. The highest BCUT2D eigenvalue weighted by Gasteiger charge is 2.25. The summed E-state index contributed by atoms with van der Waals surface area (Å²) in [7, 11) is 0. The van der Waals surface area contributed by atoms with Crippen molar-refractivity contribution >= 4 is 0 Å². The molecular formula is C27H38N4. The lowest BCUT2D eigenvalue weighted by Crippen LogP contribution is -2.18. The fourth-order valence-corrected chi connectivity index (χ4v) is 4.68. The second-order valence-corrected chi connectivity index (χ2v) is 8.85. The Balaban J connectivity index is 2.74. The van der Waals surface area contributed by atoms with Crippen molar-refractivity contribution < 1.29 is 0 Å². The van der Waals surface area contributed by atoms with Crippen LogP contribution in [0.1, 0.15) is 110 Å². The summed E-state index contributed by atoms with van der Waals surface area (Å²) in [4.78, 5) is 0. The molecule has 4 nitrogen and oxygen atoms in total. The van der Waals surface area contributed by atoms with Crippen LogP contribution in [0.3, 0.4) is 0 Å². The molecule has 0 amide bonds. The monoisotopic (exact) mass is 418 g/mol. The van der Waals surface area contributed by atoms with Crippen LogP contribution in [0.2, 0.25) is 0 Å². The average Bonchev–Trinajstić information content (AvgIpc) is 2.81. The van der Waals surface area contributed by atoms with Crippen LogP contribution in [-0.4, -0.2) is 0 Å². The molecule has 166 valence electrons. The minimum absolute atomic E-state index is 0.0554. The Morgan fingerprint density at radius 3 is 1.84 bits per heavy atom. The molecule has 0 spiro atoms. The maximum Gasteiger partial charge on any atom is 0.128 e. The second-order valence-electron chi connectivity index (χ2n) is 8.85. The van der Waals surface area contributed by atoms with Crippen molar-refractivity contribution in [2.24, 2.45) is 11.8 Å².